The number of aromatic nitrogens is 5. The normalized spacial score (nSPS) is 17.2. The minimum absolute atomic E-state index is 0.0586. The lowest BCUT2D eigenvalue weighted by molar-refractivity contribution is -0.143. The van der Waals surface area contributed by atoms with Crippen LogP contribution in [0.3, 0.4) is 0 Å². The van der Waals surface area contributed by atoms with E-state index in [1.165, 1.54) is 0 Å². The molecule has 8 nitrogen and oxygen atoms in total. The summed E-state index contributed by atoms with van der Waals surface area (Å²) in [7, 11) is 0. The first kappa shape index (κ1) is 27.2. The van der Waals surface area contributed by atoms with Crippen LogP contribution in [0.15, 0.2) is 55.1 Å². The highest BCUT2D eigenvalue weighted by molar-refractivity contribution is 5.85. The van der Waals surface area contributed by atoms with Gasteiger partial charge in [-0.25, -0.2) is 9.50 Å². The number of likely N-dealkylation sites (tertiary alicyclic amines) is 1. The highest BCUT2D eigenvalue weighted by Gasteiger charge is 2.47. The van der Waals surface area contributed by atoms with Crippen molar-refractivity contribution in [3.8, 4) is 22.4 Å². The minimum atomic E-state index is -4.34. The van der Waals surface area contributed by atoms with Crippen molar-refractivity contribution in [3.05, 3.63) is 60.7 Å². The third kappa shape index (κ3) is 5.89. The summed E-state index contributed by atoms with van der Waals surface area (Å²) < 4.78 is 41.1. The number of fused-ring (bicyclic) bond motifs is 1. The number of nitrogens with zero attached hydrogens (tertiary/aromatic N) is 6. The summed E-state index contributed by atoms with van der Waals surface area (Å²) in [6.45, 7) is 3.56. The summed E-state index contributed by atoms with van der Waals surface area (Å²) in [4.78, 5) is 31.3. The number of piperidine rings is 1. The maximum absolute atomic E-state index is 12.7. The molecule has 11 heteroatoms. The molecule has 1 amide bonds. The molecule has 4 aromatic rings. The van der Waals surface area contributed by atoms with Gasteiger partial charge in [-0.1, -0.05) is 25.1 Å². The Morgan fingerprint density at radius 3 is 2.49 bits per heavy atom. The third-order valence-corrected chi connectivity index (χ3v) is 8.25. The second-order valence-corrected chi connectivity index (χ2v) is 11.5. The highest BCUT2D eigenvalue weighted by atomic mass is 19.4. The molecule has 1 aliphatic carbocycles. The zero-order chi connectivity index (χ0) is 28.8. The predicted octanol–water partition coefficient (Wildman–Crippen LogP) is 5.68. The van der Waals surface area contributed by atoms with Gasteiger partial charge in [0.25, 0.3) is 0 Å². The van der Waals surface area contributed by atoms with Gasteiger partial charge in [-0.3, -0.25) is 14.3 Å². The Labute approximate surface area is 235 Å². The Hall–Kier alpha value is -4.02. The van der Waals surface area contributed by atoms with Crippen molar-refractivity contribution in [2.45, 2.75) is 64.1 Å². The smallest absolute Gasteiger partial charge is 0.342 e. The van der Waals surface area contributed by atoms with Gasteiger partial charge in [0.05, 0.1) is 36.7 Å². The quantitative estimate of drug-likeness (QED) is 0.275. The van der Waals surface area contributed by atoms with Crippen LogP contribution in [0, 0.1) is 5.41 Å². The minimum Gasteiger partial charge on any atom is -0.342 e. The van der Waals surface area contributed by atoms with Crippen molar-refractivity contribution in [2.75, 3.05) is 13.1 Å². The van der Waals surface area contributed by atoms with Crippen molar-refractivity contribution in [2.24, 2.45) is 5.41 Å². The van der Waals surface area contributed by atoms with Crippen LogP contribution >= 0.6 is 0 Å². The van der Waals surface area contributed by atoms with Gasteiger partial charge >= 0.3 is 6.18 Å². The molecule has 1 saturated carbocycles. The molecule has 41 heavy (non-hydrogen) atoms. The lowest BCUT2D eigenvalue weighted by Gasteiger charge is -2.33. The number of ketones is 1. The lowest BCUT2D eigenvalue weighted by Crippen LogP contribution is -2.42. The predicted molar refractivity (Wildman–Crippen MR) is 146 cm³/mol. The van der Waals surface area contributed by atoms with Gasteiger partial charge in [0.15, 0.2) is 5.65 Å². The van der Waals surface area contributed by atoms with E-state index in [-0.39, 0.29) is 23.8 Å². The van der Waals surface area contributed by atoms with Gasteiger partial charge in [-0.15, -0.1) is 0 Å². The molecule has 3 aromatic heterocycles. The molecule has 0 bridgehead atoms. The van der Waals surface area contributed by atoms with Crippen LogP contribution in [0.4, 0.5) is 13.2 Å². The number of carbonyl (C=O) groups is 2. The van der Waals surface area contributed by atoms with Crippen molar-refractivity contribution in [1.82, 2.24) is 29.3 Å². The van der Waals surface area contributed by atoms with Crippen molar-refractivity contribution in [3.63, 3.8) is 0 Å². The van der Waals surface area contributed by atoms with E-state index in [4.69, 9.17) is 0 Å². The number of halogens is 3. The Morgan fingerprint density at radius 2 is 1.76 bits per heavy atom. The number of amides is 1. The van der Waals surface area contributed by atoms with E-state index in [9.17, 15) is 22.8 Å². The van der Waals surface area contributed by atoms with Crippen molar-refractivity contribution in [1.29, 1.82) is 0 Å². The first-order valence-electron chi connectivity index (χ1n) is 13.9. The Bertz CT molecular complexity index is 1590. The number of rotatable bonds is 8. The number of hydrogen-bond donors (Lipinski definition) is 0. The molecule has 214 valence electrons. The Morgan fingerprint density at radius 1 is 1.00 bits per heavy atom. The fraction of sp³-hybridized carbons (Fsp3) is 0.433. The molecule has 1 aliphatic heterocycles. The highest BCUT2D eigenvalue weighted by Crippen LogP contribution is 2.47. The molecule has 1 aromatic carbocycles. The van der Waals surface area contributed by atoms with Gasteiger partial charge in [0.2, 0.25) is 5.91 Å². The number of alkyl halides is 3. The summed E-state index contributed by atoms with van der Waals surface area (Å²) in [5, 5.41) is 9.21. The molecule has 0 atom stereocenters. The first-order chi connectivity index (χ1) is 19.6. The van der Waals surface area contributed by atoms with E-state index >= 15 is 0 Å². The number of imidazole rings is 1. The molecule has 2 aliphatic rings. The zero-order valence-corrected chi connectivity index (χ0v) is 22.8. The summed E-state index contributed by atoms with van der Waals surface area (Å²) >= 11 is 0. The van der Waals surface area contributed by atoms with Crippen LogP contribution in [0.5, 0.6) is 0 Å². The SMILES string of the molecule is CC1(C(=O)N2CCC(n3cc(-c4cnn5c(-c6cccc(CC(=O)CCC(F)(F)F)c6)cnc5c4)cn3)CC2)CC1. The molecular formula is C30H31F3N6O2. The standard InChI is InChI=1S/C30H31F3N6O2/c1-29(9-10-29)28(41)37-11-6-24(7-12-37)38-19-23(17-35-38)22-15-27-34-18-26(39(27)36-16-22)21-4-2-3-20(13-21)14-25(40)5-8-30(31,32)33/h2-4,13,15-19,24H,5-12,14H2,1H3. The maximum Gasteiger partial charge on any atom is 0.389 e. The molecule has 1 saturated heterocycles. The van der Waals surface area contributed by atoms with E-state index in [1.54, 1.807) is 35.1 Å². The summed E-state index contributed by atoms with van der Waals surface area (Å²) in [6.07, 6.45) is 4.97. The molecule has 0 spiro atoms. The van der Waals surface area contributed by atoms with E-state index < -0.39 is 24.8 Å². The summed E-state index contributed by atoms with van der Waals surface area (Å²) in [6, 6.07) is 9.32. The number of benzene rings is 1. The van der Waals surface area contributed by atoms with Gasteiger partial charge in [-0.2, -0.15) is 23.4 Å². The second-order valence-electron chi connectivity index (χ2n) is 11.5. The lowest BCUT2D eigenvalue weighted by atomic mass is 10.0. The van der Waals surface area contributed by atoms with Crippen molar-refractivity contribution < 1.29 is 22.8 Å². The van der Waals surface area contributed by atoms with Crippen LogP contribution in [0.2, 0.25) is 0 Å². The van der Waals surface area contributed by atoms with Gasteiger partial charge in [0.1, 0.15) is 5.78 Å². The first-order valence-corrected chi connectivity index (χ1v) is 13.9. The van der Waals surface area contributed by atoms with E-state index in [0.717, 1.165) is 55.5 Å². The molecule has 0 radical (unpaired) electrons. The molecule has 0 unspecified atom stereocenters. The van der Waals surface area contributed by atoms with Crippen LogP contribution in [-0.4, -0.2) is 60.2 Å². The molecule has 0 N–H and O–H groups in total. The summed E-state index contributed by atoms with van der Waals surface area (Å²) in [5.41, 5.74) is 4.43. The molecule has 2 fully saturated rings. The van der Waals surface area contributed by atoms with Crippen LogP contribution in [-0.2, 0) is 16.0 Å². The number of Topliss-reactive ketones (excluding diaryl/α,β-unsaturated/α-hetero) is 1. The fourth-order valence-corrected chi connectivity index (χ4v) is 5.47. The summed E-state index contributed by atoms with van der Waals surface area (Å²) in [5.74, 6) is -0.163. The average molecular weight is 565 g/mol. The van der Waals surface area contributed by atoms with E-state index in [2.05, 4.69) is 22.1 Å². The van der Waals surface area contributed by atoms with Crippen molar-refractivity contribution >= 4 is 17.3 Å². The topological polar surface area (TPSA) is 85.4 Å². The van der Waals surface area contributed by atoms with Gasteiger partial charge in [-0.05, 0) is 43.4 Å². The van der Waals surface area contributed by atoms with E-state index in [0.29, 0.717) is 16.9 Å². The monoisotopic (exact) mass is 564 g/mol. The van der Waals surface area contributed by atoms with Crippen LogP contribution < -0.4 is 0 Å². The zero-order valence-electron chi connectivity index (χ0n) is 22.8. The number of carbonyl (C=O) groups excluding carboxylic acids is 2. The second kappa shape index (κ2) is 10.4. The van der Waals surface area contributed by atoms with Crippen LogP contribution in [0.1, 0.15) is 57.1 Å². The Balaban J connectivity index is 1.13. The van der Waals surface area contributed by atoms with E-state index in [1.807, 2.05) is 34.1 Å². The molecular weight excluding hydrogens is 533 g/mol. The maximum atomic E-state index is 12.7. The molecule has 6 rings (SSSR count). The number of hydrogen-bond acceptors (Lipinski definition) is 5. The average Bonchev–Trinajstić information content (AvgIpc) is 3.34. The van der Waals surface area contributed by atoms with Crippen LogP contribution in [0.25, 0.3) is 28.0 Å². The Kier molecular flexibility index (Phi) is 6.91. The molecule has 4 heterocycles. The van der Waals surface area contributed by atoms with Gasteiger partial charge in [0, 0.05) is 54.2 Å². The fourth-order valence-electron chi connectivity index (χ4n) is 5.47. The largest absolute Gasteiger partial charge is 0.389 e. The van der Waals surface area contributed by atoms with Gasteiger partial charge < -0.3 is 4.90 Å². The third-order valence-electron chi connectivity index (χ3n) is 8.25.